The Morgan fingerprint density at radius 2 is 2.36 bits per heavy atom. The maximum atomic E-state index is 5.90. The van der Waals surface area contributed by atoms with Gasteiger partial charge in [0.1, 0.15) is 0 Å². The molecule has 0 spiro atoms. The van der Waals surface area contributed by atoms with Crippen molar-refractivity contribution in [2.24, 2.45) is 0 Å². The number of thiophene rings is 1. The molecule has 0 bridgehead atoms. The Balaban J connectivity index is 2.73. The van der Waals surface area contributed by atoms with E-state index in [0.717, 1.165) is 20.7 Å². The van der Waals surface area contributed by atoms with Gasteiger partial charge in [0.2, 0.25) is 0 Å². The lowest BCUT2D eigenvalue weighted by Gasteiger charge is -2.09. The summed E-state index contributed by atoms with van der Waals surface area (Å²) in [5.74, 6) is 0.760. The van der Waals surface area contributed by atoms with E-state index in [9.17, 15) is 0 Å². The van der Waals surface area contributed by atoms with Gasteiger partial charge in [0, 0.05) is 15.0 Å². The number of thiol groups is 1. The summed E-state index contributed by atoms with van der Waals surface area (Å²) < 4.78 is 6.68. The third kappa shape index (κ3) is 1.44. The first kappa shape index (κ1) is 9.68. The average Bonchev–Trinajstić information content (AvgIpc) is 2.60. The molecule has 0 atom stereocenters. The predicted molar refractivity (Wildman–Crippen MR) is 64.7 cm³/mol. The van der Waals surface area contributed by atoms with Crippen LogP contribution in [0.4, 0.5) is 5.69 Å². The zero-order chi connectivity index (χ0) is 10.1. The van der Waals surface area contributed by atoms with Gasteiger partial charge in [0.05, 0.1) is 12.3 Å². The van der Waals surface area contributed by atoms with Crippen LogP contribution >= 0.6 is 24.0 Å². The van der Waals surface area contributed by atoms with Gasteiger partial charge in [-0.1, -0.05) is 0 Å². The minimum atomic E-state index is 0.617. The van der Waals surface area contributed by atoms with Gasteiger partial charge in [-0.3, -0.25) is 0 Å². The lowest BCUT2D eigenvalue weighted by atomic mass is 10.2. The maximum absolute atomic E-state index is 5.90. The molecule has 2 rings (SSSR count). The van der Waals surface area contributed by atoms with Gasteiger partial charge in [-0.2, -0.15) is 0 Å². The molecule has 0 radical (unpaired) electrons. The summed E-state index contributed by atoms with van der Waals surface area (Å²) in [5.41, 5.74) is 6.52. The zero-order valence-corrected chi connectivity index (χ0v) is 9.49. The number of fused-ring (bicyclic) bond motifs is 1. The molecule has 2 N–H and O–H groups in total. The first-order valence-corrected chi connectivity index (χ1v) is 5.68. The highest BCUT2D eigenvalue weighted by Gasteiger charge is 2.10. The van der Waals surface area contributed by atoms with Crippen LogP contribution in [0.3, 0.4) is 0 Å². The van der Waals surface area contributed by atoms with Crippen molar-refractivity contribution in [3.63, 3.8) is 0 Å². The molecule has 1 heterocycles. The van der Waals surface area contributed by atoms with E-state index in [1.165, 1.54) is 0 Å². The standard InChI is InChI=1S/C10H11NOS2/c1-2-12-10-6-3-4-14-8(6)5-7(13)9(10)11/h3-5,13H,2,11H2,1H3. The molecule has 2 nitrogen and oxygen atoms in total. The van der Waals surface area contributed by atoms with Crippen molar-refractivity contribution < 1.29 is 4.74 Å². The average molecular weight is 225 g/mol. The van der Waals surface area contributed by atoms with E-state index in [2.05, 4.69) is 12.6 Å². The summed E-state index contributed by atoms with van der Waals surface area (Å²) in [6, 6.07) is 4.00. The molecule has 14 heavy (non-hydrogen) atoms. The molecule has 0 aliphatic carbocycles. The monoisotopic (exact) mass is 225 g/mol. The highest BCUT2D eigenvalue weighted by Crippen LogP contribution is 2.39. The van der Waals surface area contributed by atoms with Gasteiger partial charge in [-0.25, -0.2) is 0 Å². The number of rotatable bonds is 2. The minimum absolute atomic E-state index is 0.617. The van der Waals surface area contributed by atoms with Crippen LogP contribution in [0, 0.1) is 0 Å². The fraction of sp³-hybridized carbons (Fsp3) is 0.200. The largest absolute Gasteiger partial charge is 0.491 e. The lowest BCUT2D eigenvalue weighted by Crippen LogP contribution is -1.98. The summed E-state index contributed by atoms with van der Waals surface area (Å²) in [6.07, 6.45) is 0. The van der Waals surface area contributed by atoms with Crippen molar-refractivity contribution >= 4 is 39.7 Å². The first-order valence-electron chi connectivity index (χ1n) is 4.35. The summed E-state index contributed by atoms with van der Waals surface area (Å²) in [5, 5.41) is 3.10. The number of hydrogen-bond donors (Lipinski definition) is 2. The number of nitrogen functional groups attached to an aromatic ring is 1. The molecule has 4 heteroatoms. The van der Waals surface area contributed by atoms with Gasteiger partial charge in [0.25, 0.3) is 0 Å². The number of benzene rings is 1. The van der Waals surface area contributed by atoms with E-state index < -0.39 is 0 Å². The molecule has 0 aliphatic rings. The fourth-order valence-corrected chi connectivity index (χ4v) is 2.53. The summed E-state index contributed by atoms with van der Waals surface area (Å²) >= 11 is 5.98. The molecule has 1 aromatic carbocycles. The van der Waals surface area contributed by atoms with E-state index >= 15 is 0 Å². The summed E-state index contributed by atoms with van der Waals surface area (Å²) in [7, 11) is 0. The molecule has 2 aromatic rings. The van der Waals surface area contributed by atoms with Gasteiger partial charge in [-0.05, 0) is 24.4 Å². The van der Waals surface area contributed by atoms with Crippen molar-refractivity contribution in [2.75, 3.05) is 12.3 Å². The van der Waals surface area contributed by atoms with Gasteiger partial charge in [0.15, 0.2) is 5.75 Å². The second-order valence-electron chi connectivity index (χ2n) is 2.90. The zero-order valence-electron chi connectivity index (χ0n) is 7.78. The molecule has 0 amide bonds. The van der Waals surface area contributed by atoms with Crippen LogP contribution in [0.15, 0.2) is 22.4 Å². The first-order chi connectivity index (χ1) is 6.74. The molecule has 74 valence electrons. The normalized spacial score (nSPS) is 10.7. The number of anilines is 1. The van der Waals surface area contributed by atoms with Crippen molar-refractivity contribution in [1.82, 2.24) is 0 Å². The second-order valence-corrected chi connectivity index (χ2v) is 4.33. The van der Waals surface area contributed by atoms with Crippen LogP contribution in [0.5, 0.6) is 5.75 Å². The Morgan fingerprint density at radius 1 is 1.57 bits per heavy atom. The topological polar surface area (TPSA) is 35.2 Å². The van der Waals surface area contributed by atoms with Crippen LogP contribution in [0.2, 0.25) is 0 Å². The van der Waals surface area contributed by atoms with Crippen molar-refractivity contribution in [1.29, 1.82) is 0 Å². The third-order valence-electron chi connectivity index (χ3n) is 2.02. The van der Waals surface area contributed by atoms with Gasteiger partial charge in [-0.15, -0.1) is 24.0 Å². The van der Waals surface area contributed by atoms with Crippen LogP contribution in [0.1, 0.15) is 6.92 Å². The van der Waals surface area contributed by atoms with Crippen LogP contribution in [0.25, 0.3) is 10.1 Å². The van der Waals surface area contributed by atoms with E-state index in [1.807, 2.05) is 24.4 Å². The molecular weight excluding hydrogens is 214 g/mol. The predicted octanol–water partition coefficient (Wildman–Crippen LogP) is 3.17. The quantitative estimate of drug-likeness (QED) is 0.608. The Bertz CT molecular complexity index is 464. The molecular formula is C10H11NOS2. The third-order valence-corrected chi connectivity index (χ3v) is 3.25. The second kappa shape index (κ2) is 3.71. The molecule has 1 aromatic heterocycles. The highest BCUT2D eigenvalue weighted by molar-refractivity contribution is 7.80. The fourth-order valence-electron chi connectivity index (χ4n) is 1.38. The minimum Gasteiger partial charge on any atom is -0.491 e. The van der Waals surface area contributed by atoms with Crippen molar-refractivity contribution in [2.45, 2.75) is 11.8 Å². The number of nitrogens with two attached hydrogens (primary N) is 1. The highest BCUT2D eigenvalue weighted by atomic mass is 32.1. The van der Waals surface area contributed by atoms with Crippen molar-refractivity contribution in [3.05, 3.63) is 17.5 Å². The molecule has 0 saturated carbocycles. The van der Waals surface area contributed by atoms with Crippen LogP contribution in [-0.2, 0) is 0 Å². The Labute approximate surface area is 92.1 Å². The van der Waals surface area contributed by atoms with E-state index in [0.29, 0.717) is 12.3 Å². The van der Waals surface area contributed by atoms with Gasteiger partial charge < -0.3 is 10.5 Å². The Kier molecular flexibility index (Phi) is 2.56. The SMILES string of the molecule is CCOc1c(N)c(S)cc2sccc12. The van der Waals surface area contributed by atoms with E-state index in [1.54, 1.807) is 11.3 Å². The maximum Gasteiger partial charge on any atom is 0.151 e. The van der Waals surface area contributed by atoms with E-state index in [-0.39, 0.29) is 0 Å². The Morgan fingerprint density at radius 3 is 3.07 bits per heavy atom. The Hall–Kier alpha value is -0.870. The smallest absolute Gasteiger partial charge is 0.151 e. The molecule has 0 aliphatic heterocycles. The number of ether oxygens (including phenoxy) is 1. The molecule has 0 fully saturated rings. The molecule has 0 unspecified atom stereocenters. The number of hydrogen-bond acceptors (Lipinski definition) is 4. The van der Waals surface area contributed by atoms with Gasteiger partial charge >= 0.3 is 0 Å². The summed E-state index contributed by atoms with van der Waals surface area (Å²) in [6.45, 7) is 2.56. The summed E-state index contributed by atoms with van der Waals surface area (Å²) in [4.78, 5) is 0.781. The lowest BCUT2D eigenvalue weighted by molar-refractivity contribution is 0.345. The van der Waals surface area contributed by atoms with Crippen LogP contribution in [-0.4, -0.2) is 6.61 Å². The van der Waals surface area contributed by atoms with Crippen molar-refractivity contribution in [3.8, 4) is 5.75 Å². The van der Waals surface area contributed by atoms with E-state index in [4.69, 9.17) is 10.5 Å². The van der Waals surface area contributed by atoms with Crippen LogP contribution < -0.4 is 10.5 Å². The molecule has 0 saturated heterocycles.